The SMILES string of the molecule is CCCN(CC(=O)NC)Cc1cccc(N)c1C. The molecule has 0 aliphatic heterocycles. The van der Waals surface area contributed by atoms with Gasteiger partial charge in [-0.1, -0.05) is 19.1 Å². The van der Waals surface area contributed by atoms with E-state index in [0.29, 0.717) is 6.54 Å². The molecule has 0 saturated heterocycles. The minimum atomic E-state index is 0.0463. The molecule has 0 spiro atoms. The van der Waals surface area contributed by atoms with E-state index in [-0.39, 0.29) is 5.91 Å². The van der Waals surface area contributed by atoms with Gasteiger partial charge in [0.2, 0.25) is 5.91 Å². The second-order valence-electron chi connectivity index (χ2n) is 4.52. The van der Waals surface area contributed by atoms with Gasteiger partial charge in [-0.3, -0.25) is 9.69 Å². The van der Waals surface area contributed by atoms with Gasteiger partial charge in [0.1, 0.15) is 0 Å². The molecule has 0 fully saturated rings. The Hall–Kier alpha value is -1.55. The highest BCUT2D eigenvalue weighted by atomic mass is 16.1. The first kappa shape index (κ1) is 14.5. The summed E-state index contributed by atoms with van der Waals surface area (Å²) >= 11 is 0. The summed E-state index contributed by atoms with van der Waals surface area (Å²) in [4.78, 5) is 13.6. The zero-order valence-corrected chi connectivity index (χ0v) is 11.5. The van der Waals surface area contributed by atoms with Crippen LogP contribution in [0, 0.1) is 6.92 Å². The van der Waals surface area contributed by atoms with E-state index in [9.17, 15) is 4.79 Å². The summed E-state index contributed by atoms with van der Waals surface area (Å²) in [5.74, 6) is 0.0463. The fraction of sp³-hybridized carbons (Fsp3) is 0.500. The van der Waals surface area contributed by atoms with Gasteiger partial charge in [0, 0.05) is 19.3 Å². The lowest BCUT2D eigenvalue weighted by Gasteiger charge is -2.22. The topological polar surface area (TPSA) is 58.4 Å². The Bertz CT molecular complexity index is 404. The Morgan fingerprint density at radius 2 is 2.17 bits per heavy atom. The third-order valence-electron chi connectivity index (χ3n) is 3.07. The molecule has 0 saturated carbocycles. The number of carbonyl (C=O) groups is 1. The minimum Gasteiger partial charge on any atom is -0.399 e. The molecule has 0 aliphatic carbocycles. The molecule has 0 unspecified atom stereocenters. The maximum Gasteiger partial charge on any atom is 0.233 e. The monoisotopic (exact) mass is 249 g/mol. The molecule has 1 aromatic rings. The van der Waals surface area contributed by atoms with Crippen molar-refractivity contribution in [3.05, 3.63) is 29.3 Å². The normalized spacial score (nSPS) is 10.7. The van der Waals surface area contributed by atoms with E-state index in [4.69, 9.17) is 5.73 Å². The van der Waals surface area contributed by atoms with Gasteiger partial charge in [0.25, 0.3) is 0 Å². The number of hydrogen-bond acceptors (Lipinski definition) is 3. The average Bonchev–Trinajstić information content (AvgIpc) is 2.35. The van der Waals surface area contributed by atoms with Crippen molar-refractivity contribution in [3.8, 4) is 0 Å². The maximum atomic E-state index is 11.5. The van der Waals surface area contributed by atoms with Gasteiger partial charge in [-0.2, -0.15) is 0 Å². The van der Waals surface area contributed by atoms with Crippen LogP contribution >= 0.6 is 0 Å². The Morgan fingerprint density at radius 1 is 1.44 bits per heavy atom. The quantitative estimate of drug-likeness (QED) is 0.752. The molecule has 0 bridgehead atoms. The fourth-order valence-electron chi connectivity index (χ4n) is 1.93. The first-order valence-electron chi connectivity index (χ1n) is 6.35. The number of hydrogen-bond donors (Lipinski definition) is 2. The van der Waals surface area contributed by atoms with Crippen LogP contribution in [0.25, 0.3) is 0 Å². The van der Waals surface area contributed by atoms with Gasteiger partial charge >= 0.3 is 0 Å². The van der Waals surface area contributed by atoms with Crippen LogP contribution in [0.15, 0.2) is 18.2 Å². The van der Waals surface area contributed by atoms with Crippen LogP contribution in [-0.4, -0.2) is 30.9 Å². The molecule has 4 heteroatoms. The molecular weight excluding hydrogens is 226 g/mol. The number of anilines is 1. The molecule has 0 radical (unpaired) electrons. The van der Waals surface area contributed by atoms with Crippen LogP contribution in [0.1, 0.15) is 24.5 Å². The summed E-state index contributed by atoms with van der Waals surface area (Å²) in [5.41, 5.74) is 9.00. The van der Waals surface area contributed by atoms with Crippen LogP contribution in [-0.2, 0) is 11.3 Å². The summed E-state index contributed by atoms with van der Waals surface area (Å²) in [6, 6.07) is 5.93. The van der Waals surface area contributed by atoms with E-state index in [2.05, 4.69) is 23.2 Å². The van der Waals surface area contributed by atoms with E-state index >= 15 is 0 Å². The van der Waals surface area contributed by atoms with Crippen molar-refractivity contribution < 1.29 is 4.79 Å². The number of nitrogens with one attached hydrogen (secondary N) is 1. The highest BCUT2D eigenvalue weighted by Gasteiger charge is 2.11. The van der Waals surface area contributed by atoms with Crippen LogP contribution in [0.4, 0.5) is 5.69 Å². The van der Waals surface area contributed by atoms with Crippen LogP contribution in [0.2, 0.25) is 0 Å². The summed E-state index contributed by atoms with van der Waals surface area (Å²) in [7, 11) is 1.66. The van der Waals surface area contributed by atoms with Crippen molar-refractivity contribution in [3.63, 3.8) is 0 Å². The molecule has 1 rings (SSSR count). The fourth-order valence-corrected chi connectivity index (χ4v) is 1.93. The third-order valence-corrected chi connectivity index (χ3v) is 3.07. The second kappa shape index (κ2) is 7.01. The van der Waals surface area contributed by atoms with E-state index in [1.165, 1.54) is 5.56 Å². The molecule has 100 valence electrons. The zero-order valence-electron chi connectivity index (χ0n) is 11.5. The Labute approximate surface area is 109 Å². The highest BCUT2D eigenvalue weighted by Crippen LogP contribution is 2.17. The summed E-state index contributed by atoms with van der Waals surface area (Å²) in [6.45, 7) is 6.23. The molecule has 0 atom stereocenters. The van der Waals surface area contributed by atoms with E-state index in [1.54, 1.807) is 7.05 Å². The van der Waals surface area contributed by atoms with Gasteiger partial charge in [0.05, 0.1) is 6.54 Å². The smallest absolute Gasteiger partial charge is 0.233 e. The molecule has 0 aliphatic rings. The van der Waals surface area contributed by atoms with Crippen LogP contribution in [0.5, 0.6) is 0 Å². The van der Waals surface area contributed by atoms with E-state index in [0.717, 1.165) is 30.8 Å². The minimum absolute atomic E-state index is 0.0463. The van der Waals surface area contributed by atoms with Gasteiger partial charge in [-0.05, 0) is 37.1 Å². The molecular formula is C14H23N3O. The van der Waals surface area contributed by atoms with Gasteiger partial charge in [-0.15, -0.1) is 0 Å². The molecule has 0 aromatic heterocycles. The largest absolute Gasteiger partial charge is 0.399 e. The summed E-state index contributed by atoms with van der Waals surface area (Å²) < 4.78 is 0. The van der Waals surface area contributed by atoms with Gasteiger partial charge < -0.3 is 11.1 Å². The van der Waals surface area contributed by atoms with Crippen LogP contribution < -0.4 is 11.1 Å². The van der Waals surface area contributed by atoms with Crippen molar-refractivity contribution in [2.24, 2.45) is 0 Å². The molecule has 18 heavy (non-hydrogen) atoms. The number of carbonyl (C=O) groups excluding carboxylic acids is 1. The first-order valence-corrected chi connectivity index (χ1v) is 6.35. The third kappa shape index (κ3) is 4.04. The highest BCUT2D eigenvalue weighted by molar-refractivity contribution is 5.77. The number of nitrogens with zero attached hydrogens (tertiary/aromatic N) is 1. The Kier molecular flexibility index (Phi) is 5.65. The number of nitrogens with two attached hydrogens (primary N) is 1. The van der Waals surface area contributed by atoms with Crippen molar-refractivity contribution in [2.75, 3.05) is 25.9 Å². The van der Waals surface area contributed by atoms with Gasteiger partial charge in [0.15, 0.2) is 0 Å². The lowest BCUT2D eigenvalue weighted by atomic mass is 10.1. The molecule has 4 nitrogen and oxygen atoms in total. The number of likely N-dealkylation sites (N-methyl/N-ethyl adjacent to an activating group) is 1. The second-order valence-corrected chi connectivity index (χ2v) is 4.52. The average molecular weight is 249 g/mol. The van der Waals surface area contributed by atoms with E-state index < -0.39 is 0 Å². The van der Waals surface area contributed by atoms with Gasteiger partial charge in [-0.25, -0.2) is 0 Å². The van der Waals surface area contributed by atoms with Crippen LogP contribution in [0.3, 0.4) is 0 Å². The van der Waals surface area contributed by atoms with E-state index in [1.807, 2.05) is 19.1 Å². The standard InChI is InChI=1S/C14H23N3O/c1-4-8-17(10-14(18)16-3)9-12-6-5-7-13(15)11(12)2/h5-7H,4,8-10,15H2,1-3H3,(H,16,18). The maximum absolute atomic E-state index is 11.5. The van der Waals surface area contributed by atoms with Crippen molar-refractivity contribution in [1.82, 2.24) is 10.2 Å². The summed E-state index contributed by atoms with van der Waals surface area (Å²) in [5, 5.41) is 2.66. The first-order chi connectivity index (χ1) is 8.58. The predicted octanol–water partition coefficient (Wildman–Crippen LogP) is 1.54. The Morgan fingerprint density at radius 3 is 2.78 bits per heavy atom. The molecule has 3 N–H and O–H groups in total. The molecule has 0 heterocycles. The number of amides is 1. The predicted molar refractivity (Wildman–Crippen MR) is 75.2 cm³/mol. The number of benzene rings is 1. The van der Waals surface area contributed by atoms with Crippen molar-refractivity contribution in [1.29, 1.82) is 0 Å². The Balaban J connectivity index is 2.76. The molecule has 1 aromatic carbocycles. The van der Waals surface area contributed by atoms with Crippen molar-refractivity contribution in [2.45, 2.75) is 26.8 Å². The van der Waals surface area contributed by atoms with Crippen molar-refractivity contribution >= 4 is 11.6 Å². The number of nitrogen functional groups attached to an aromatic ring is 1. The molecule has 1 amide bonds. The number of rotatable bonds is 6. The lowest BCUT2D eigenvalue weighted by molar-refractivity contribution is -0.121. The summed E-state index contributed by atoms with van der Waals surface area (Å²) in [6.07, 6.45) is 1.03. The lowest BCUT2D eigenvalue weighted by Crippen LogP contribution is -2.35. The zero-order chi connectivity index (χ0) is 13.5.